The Balaban J connectivity index is 2.43. The van der Waals surface area contributed by atoms with Crippen molar-refractivity contribution in [3.63, 3.8) is 0 Å². The van der Waals surface area contributed by atoms with E-state index in [0.29, 0.717) is 20.9 Å². The number of hydrogen-bond donors (Lipinski definition) is 1. The van der Waals surface area contributed by atoms with Crippen LogP contribution in [0, 0.1) is 5.41 Å². The SMILES string of the molecule is CC1=NN(c2ccc(Cl)cc2Cl)C(=N)SC1C. The molecule has 0 amide bonds. The van der Waals surface area contributed by atoms with Gasteiger partial charge in [0.2, 0.25) is 0 Å². The number of thioether (sulfide) groups is 1. The van der Waals surface area contributed by atoms with Crippen LogP contribution < -0.4 is 5.01 Å². The van der Waals surface area contributed by atoms with Crippen LogP contribution in [0.15, 0.2) is 23.3 Å². The third kappa shape index (κ3) is 2.59. The summed E-state index contributed by atoms with van der Waals surface area (Å²) in [6, 6.07) is 5.16. The van der Waals surface area contributed by atoms with Gasteiger partial charge in [-0.1, -0.05) is 35.0 Å². The second-order valence-corrected chi connectivity index (χ2v) is 5.89. The van der Waals surface area contributed by atoms with E-state index in [9.17, 15) is 0 Å². The summed E-state index contributed by atoms with van der Waals surface area (Å²) in [5.74, 6) is 0. The van der Waals surface area contributed by atoms with E-state index in [4.69, 9.17) is 28.6 Å². The minimum absolute atomic E-state index is 0.227. The molecule has 1 atom stereocenters. The number of hydrogen-bond acceptors (Lipinski definition) is 3. The average molecular weight is 288 g/mol. The van der Waals surface area contributed by atoms with Crippen molar-refractivity contribution < 1.29 is 0 Å². The Morgan fingerprint density at radius 1 is 1.41 bits per heavy atom. The minimum atomic E-state index is 0.227. The molecule has 0 saturated heterocycles. The molecule has 0 bridgehead atoms. The molecule has 1 aromatic rings. The molecule has 1 aliphatic heterocycles. The summed E-state index contributed by atoms with van der Waals surface area (Å²) in [7, 11) is 0. The monoisotopic (exact) mass is 287 g/mol. The Morgan fingerprint density at radius 2 is 2.12 bits per heavy atom. The highest BCUT2D eigenvalue weighted by atomic mass is 35.5. The third-order valence-electron chi connectivity index (χ3n) is 2.46. The molecular formula is C11H11Cl2N3S. The van der Waals surface area contributed by atoms with Crippen molar-refractivity contribution in [1.82, 2.24) is 0 Å². The van der Waals surface area contributed by atoms with Gasteiger partial charge in [0, 0.05) is 16.0 Å². The van der Waals surface area contributed by atoms with Gasteiger partial charge >= 0.3 is 0 Å². The topological polar surface area (TPSA) is 39.5 Å². The van der Waals surface area contributed by atoms with Crippen molar-refractivity contribution in [2.24, 2.45) is 5.10 Å². The van der Waals surface area contributed by atoms with Gasteiger partial charge in [0.25, 0.3) is 0 Å². The van der Waals surface area contributed by atoms with Crippen LogP contribution in [-0.2, 0) is 0 Å². The van der Waals surface area contributed by atoms with Crippen molar-refractivity contribution in [3.8, 4) is 0 Å². The standard InChI is InChI=1S/C11H11Cl2N3S/c1-6-7(2)17-11(14)16(15-6)10-4-3-8(12)5-9(10)13/h3-5,7,14H,1-2H3. The highest BCUT2D eigenvalue weighted by Gasteiger charge is 2.24. The first-order valence-corrected chi connectivity index (χ1v) is 6.68. The number of nitrogens with one attached hydrogen (secondary N) is 1. The maximum atomic E-state index is 7.94. The zero-order valence-corrected chi connectivity index (χ0v) is 11.7. The summed E-state index contributed by atoms with van der Waals surface area (Å²) in [6.45, 7) is 3.97. The van der Waals surface area contributed by atoms with Crippen LogP contribution in [0.1, 0.15) is 13.8 Å². The minimum Gasteiger partial charge on any atom is -0.277 e. The maximum Gasteiger partial charge on any atom is 0.182 e. The molecule has 2 rings (SSSR count). The van der Waals surface area contributed by atoms with Gasteiger partial charge in [0.05, 0.1) is 10.7 Å². The molecule has 0 aromatic heterocycles. The van der Waals surface area contributed by atoms with Gasteiger partial charge in [-0.05, 0) is 32.0 Å². The number of anilines is 1. The lowest BCUT2D eigenvalue weighted by atomic mass is 10.3. The highest BCUT2D eigenvalue weighted by Crippen LogP contribution is 2.33. The van der Waals surface area contributed by atoms with E-state index >= 15 is 0 Å². The van der Waals surface area contributed by atoms with Gasteiger partial charge in [-0.25, -0.2) is 5.01 Å². The number of halogens is 2. The predicted molar refractivity (Wildman–Crippen MR) is 76.8 cm³/mol. The molecule has 0 fully saturated rings. The van der Waals surface area contributed by atoms with E-state index in [2.05, 4.69) is 5.10 Å². The Labute approximate surface area is 114 Å². The largest absolute Gasteiger partial charge is 0.277 e. The van der Waals surface area contributed by atoms with Gasteiger partial charge in [0.15, 0.2) is 5.17 Å². The molecule has 17 heavy (non-hydrogen) atoms. The molecule has 0 aliphatic carbocycles. The first-order chi connectivity index (χ1) is 7.99. The Kier molecular flexibility index (Phi) is 3.66. The summed E-state index contributed by atoms with van der Waals surface area (Å²) in [6.07, 6.45) is 0. The van der Waals surface area contributed by atoms with Crippen LogP contribution in [0.3, 0.4) is 0 Å². The fourth-order valence-corrected chi connectivity index (χ4v) is 2.68. The fraction of sp³-hybridized carbons (Fsp3) is 0.273. The number of nitrogens with zero attached hydrogens (tertiary/aromatic N) is 2. The lowest BCUT2D eigenvalue weighted by Crippen LogP contribution is -2.32. The lowest BCUT2D eigenvalue weighted by Gasteiger charge is -2.28. The number of amidine groups is 1. The van der Waals surface area contributed by atoms with Crippen molar-refractivity contribution in [3.05, 3.63) is 28.2 Å². The van der Waals surface area contributed by atoms with Crippen molar-refractivity contribution in [1.29, 1.82) is 5.41 Å². The molecule has 0 spiro atoms. The van der Waals surface area contributed by atoms with Gasteiger partial charge in [0.1, 0.15) is 0 Å². The Hall–Kier alpha value is -0.710. The van der Waals surface area contributed by atoms with Gasteiger partial charge < -0.3 is 0 Å². The number of hydrazone groups is 1. The van der Waals surface area contributed by atoms with E-state index in [1.165, 1.54) is 11.8 Å². The summed E-state index contributed by atoms with van der Waals surface area (Å²) >= 11 is 13.4. The fourth-order valence-electron chi connectivity index (χ4n) is 1.40. The van der Waals surface area contributed by atoms with Gasteiger partial charge in [-0.3, -0.25) is 5.41 Å². The third-order valence-corrected chi connectivity index (χ3v) is 4.09. The molecule has 1 aliphatic rings. The summed E-state index contributed by atoms with van der Waals surface area (Å²) in [5, 5.41) is 15.5. The van der Waals surface area contributed by atoms with Crippen LogP contribution >= 0.6 is 35.0 Å². The normalized spacial score (nSPS) is 20.5. The van der Waals surface area contributed by atoms with Gasteiger partial charge in [-0.2, -0.15) is 5.10 Å². The zero-order valence-electron chi connectivity index (χ0n) is 9.37. The van der Waals surface area contributed by atoms with E-state index in [1.807, 2.05) is 13.8 Å². The Morgan fingerprint density at radius 3 is 2.76 bits per heavy atom. The summed E-state index contributed by atoms with van der Waals surface area (Å²) < 4.78 is 0. The second-order valence-electron chi connectivity index (χ2n) is 3.71. The molecule has 0 saturated carbocycles. The van der Waals surface area contributed by atoms with Crippen molar-refractivity contribution >= 4 is 51.5 Å². The van der Waals surface area contributed by atoms with E-state index in [0.717, 1.165) is 5.71 Å². The summed E-state index contributed by atoms with van der Waals surface area (Å²) in [4.78, 5) is 0. The molecule has 90 valence electrons. The van der Waals surface area contributed by atoms with Crippen LogP contribution in [0.2, 0.25) is 10.0 Å². The van der Waals surface area contributed by atoms with E-state index < -0.39 is 0 Å². The van der Waals surface area contributed by atoms with Crippen molar-refractivity contribution in [2.45, 2.75) is 19.1 Å². The van der Waals surface area contributed by atoms with E-state index in [1.54, 1.807) is 23.2 Å². The van der Waals surface area contributed by atoms with Crippen molar-refractivity contribution in [2.75, 3.05) is 5.01 Å². The first kappa shape index (κ1) is 12.7. The average Bonchev–Trinajstić information content (AvgIpc) is 2.24. The van der Waals surface area contributed by atoms with Crippen LogP contribution in [0.4, 0.5) is 5.69 Å². The van der Waals surface area contributed by atoms with Crippen LogP contribution in [0.5, 0.6) is 0 Å². The molecule has 0 radical (unpaired) electrons. The van der Waals surface area contributed by atoms with Crippen LogP contribution in [-0.4, -0.2) is 16.1 Å². The maximum absolute atomic E-state index is 7.94. The zero-order chi connectivity index (χ0) is 12.6. The molecule has 6 heteroatoms. The molecule has 3 nitrogen and oxygen atoms in total. The second kappa shape index (κ2) is 4.88. The highest BCUT2D eigenvalue weighted by molar-refractivity contribution is 8.15. The molecule has 1 aromatic carbocycles. The molecule has 1 unspecified atom stereocenters. The van der Waals surface area contributed by atoms with Gasteiger partial charge in [-0.15, -0.1) is 0 Å². The first-order valence-electron chi connectivity index (χ1n) is 5.04. The molecule has 1 N–H and O–H groups in total. The molecular weight excluding hydrogens is 277 g/mol. The quantitative estimate of drug-likeness (QED) is 0.839. The number of benzene rings is 1. The summed E-state index contributed by atoms with van der Waals surface area (Å²) in [5.41, 5.74) is 1.65. The lowest BCUT2D eigenvalue weighted by molar-refractivity contribution is 1.08. The predicted octanol–water partition coefficient (Wildman–Crippen LogP) is 4.25. The number of rotatable bonds is 1. The van der Waals surface area contributed by atoms with E-state index in [-0.39, 0.29) is 5.25 Å². The van der Waals surface area contributed by atoms with Crippen LogP contribution in [0.25, 0.3) is 0 Å². The Bertz CT molecular complexity index is 501. The smallest absolute Gasteiger partial charge is 0.182 e. The molecule has 1 heterocycles.